The quantitative estimate of drug-likeness (QED) is 0.616. The Kier molecular flexibility index (Phi) is 1.88. The maximum atomic E-state index is 10.9. The summed E-state index contributed by atoms with van der Waals surface area (Å²) >= 11 is 0. The first kappa shape index (κ1) is 9.81. The number of primary sulfonamides is 1. The summed E-state index contributed by atoms with van der Waals surface area (Å²) in [6.07, 6.45) is 0. The molecule has 0 spiro atoms. The van der Waals surface area contributed by atoms with E-state index in [0.29, 0.717) is 5.39 Å². The number of furan rings is 1. The summed E-state index contributed by atoms with van der Waals surface area (Å²) in [5.74, 6) is -0.748. The van der Waals surface area contributed by atoms with Crippen molar-refractivity contribution in [3.8, 4) is 11.5 Å². The Balaban J connectivity index is 2.77. The summed E-state index contributed by atoms with van der Waals surface area (Å²) in [6, 6.07) is 3.46. The Hall–Kier alpha value is -1.73. The third-order valence-electron chi connectivity index (χ3n) is 1.87. The summed E-state index contributed by atoms with van der Waals surface area (Å²) in [5.41, 5.74) is 0.134. The molecule has 4 N–H and O–H groups in total. The number of phenols is 2. The largest absolute Gasteiger partial charge is 0.504 e. The van der Waals surface area contributed by atoms with E-state index in [9.17, 15) is 8.42 Å². The van der Waals surface area contributed by atoms with Gasteiger partial charge in [-0.1, -0.05) is 0 Å². The molecule has 0 fully saturated rings. The zero-order valence-electron chi connectivity index (χ0n) is 7.34. The summed E-state index contributed by atoms with van der Waals surface area (Å²) in [7, 11) is -3.92. The second-order valence-corrected chi connectivity index (χ2v) is 4.48. The molecular weight excluding hydrogens is 222 g/mol. The molecule has 7 heteroatoms. The summed E-state index contributed by atoms with van der Waals surface area (Å²) in [5, 5.41) is 23.1. The van der Waals surface area contributed by atoms with Crippen molar-refractivity contribution in [2.24, 2.45) is 5.14 Å². The lowest BCUT2D eigenvalue weighted by Gasteiger charge is -1.94. The van der Waals surface area contributed by atoms with E-state index in [4.69, 9.17) is 19.8 Å². The summed E-state index contributed by atoms with van der Waals surface area (Å²) in [4.78, 5) is 0. The lowest BCUT2D eigenvalue weighted by molar-refractivity contribution is 0.403. The van der Waals surface area contributed by atoms with Gasteiger partial charge in [-0.15, -0.1) is 0 Å². The molecule has 1 aromatic carbocycles. The van der Waals surface area contributed by atoms with E-state index in [1.807, 2.05) is 0 Å². The standard InChI is InChI=1S/C8H7NO5S/c9-15(12,13)8-2-4-1-5(10)6(11)3-7(4)14-8/h1-3,10-11H,(H2,9,12,13). The van der Waals surface area contributed by atoms with Crippen LogP contribution in [0.3, 0.4) is 0 Å². The maximum Gasteiger partial charge on any atom is 0.271 e. The van der Waals surface area contributed by atoms with Crippen LogP contribution in [-0.4, -0.2) is 18.6 Å². The number of sulfonamides is 1. The van der Waals surface area contributed by atoms with Gasteiger partial charge in [0.05, 0.1) is 0 Å². The van der Waals surface area contributed by atoms with Crippen LogP contribution in [0.4, 0.5) is 0 Å². The number of benzene rings is 1. The van der Waals surface area contributed by atoms with E-state index in [0.717, 1.165) is 6.07 Å². The average molecular weight is 229 g/mol. The third kappa shape index (κ3) is 1.62. The lowest BCUT2D eigenvalue weighted by atomic mass is 10.2. The molecule has 2 aromatic rings. The molecule has 80 valence electrons. The number of fused-ring (bicyclic) bond motifs is 1. The smallest absolute Gasteiger partial charge is 0.271 e. The predicted molar refractivity (Wildman–Crippen MR) is 50.9 cm³/mol. The van der Waals surface area contributed by atoms with Crippen molar-refractivity contribution >= 4 is 21.0 Å². The molecule has 6 nitrogen and oxygen atoms in total. The van der Waals surface area contributed by atoms with Crippen LogP contribution in [0.1, 0.15) is 0 Å². The van der Waals surface area contributed by atoms with Gasteiger partial charge in [0.1, 0.15) is 5.58 Å². The third-order valence-corrected chi connectivity index (χ3v) is 2.63. The van der Waals surface area contributed by atoms with Crippen LogP contribution in [0.25, 0.3) is 11.0 Å². The molecule has 0 bridgehead atoms. The molecule has 0 atom stereocenters. The SMILES string of the molecule is NS(=O)(=O)c1cc2cc(O)c(O)cc2o1. The van der Waals surface area contributed by atoms with Gasteiger partial charge in [0.15, 0.2) is 11.5 Å². The van der Waals surface area contributed by atoms with Gasteiger partial charge in [-0.2, -0.15) is 0 Å². The number of rotatable bonds is 1. The fourth-order valence-corrected chi connectivity index (χ4v) is 1.68. The van der Waals surface area contributed by atoms with Crippen LogP contribution in [0.15, 0.2) is 27.7 Å². The second-order valence-electron chi connectivity index (χ2n) is 2.99. The van der Waals surface area contributed by atoms with E-state index in [1.54, 1.807) is 0 Å². The minimum atomic E-state index is -3.92. The van der Waals surface area contributed by atoms with E-state index in [-0.39, 0.29) is 11.3 Å². The highest BCUT2D eigenvalue weighted by Crippen LogP contribution is 2.32. The zero-order valence-corrected chi connectivity index (χ0v) is 8.15. The van der Waals surface area contributed by atoms with Gasteiger partial charge in [0, 0.05) is 17.5 Å². The van der Waals surface area contributed by atoms with Gasteiger partial charge in [-0.25, -0.2) is 13.6 Å². The average Bonchev–Trinajstić information content (AvgIpc) is 2.47. The van der Waals surface area contributed by atoms with Crippen molar-refractivity contribution < 1.29 is 23.0 Å². The Labute approximate surface area is 84.6 Å². The predicted octanol–water partition coefficient (Wildman–Crippen LogP) is 0.491. The monoisotopic (exact) mass is 229 g/mol. The molecule has 0 aliphatic rings. The maximum absolute atomic E-state index is 10.9. The topological polar surface area (TPSA) is 114 Å². The van der Waals surface area contributed by atoms with E-state index in [2.05, 4.69) is 0 Å². The molecule has 0 radical (unpaired) electrons. The first-order valence-corrected chi connectivity index (χ1v) is 5.41. The Morgan fingerprint density at radius 2 is 1.73 bits per heavy atom. The number of aromatic hydroxyl groups is 2. The Morgan fingerprint density at radius 3 is 2.33 bits per heavy atom. The van der Waals surface area contributed by atoms with Gasteiger partial charge in [0.2, 0.25) is 5.09 Å². The fourth-order valence-electron chi connectivity index (χ4n) is 1.18. The minimum absolute atomic E-state index is 0.134. The van der Waals surface area contributed by atoms with Gasteiger partial charge in [-0.3, -0.25) is 0 Å². The van der Waals surface area contributed by atoms with Crippen molar-refractivity contribution in [2.45, 2.75) is 5.09 Å². The van der Waals surface area contributed by atoms with Crippen LogP contribution in [-0.2, 0) is 10.0 Å². The molecule has 15 heavy (non-hydrogen) atoms. The molecule has 0 unspecified atom stereocenters. The van der Waals surface area contributed by atoms with E-state index < -0.39 is 20.9 Å². The number of hydrogen-bond acceptors (Lipinski definition) is 5. The van der Waals surface area contributed by atoms with Crippen LogP contribution in [0.5, 0.6) is 11.5 Å². The van der Waals surface area contributed by atoms with Crippen molar-refractivity contribution in [3.05, 3.63) is 18.2 Å². The van der Waals surface area contributed by atoms with Crippen molar-refractivity contribution in [1.82, 2.24) is 0 Å². The Bertz CT molecular complexity index is 589. The molecule has 0 aliphatic heterocycles. The lowest BCUT2D eigenvalue weighted by Crippen LogP contribution is -2.10. The fraction of sp³-hybridized carbons (Fsp3) is 0. The highest BCUT2D eigenvalue weighted by atomic mass is 32.2. The molecule has 0 saturated heterocycles. The highest BCUT2D eigenvalue weighted by molar-refractivity contribution is 7.89. The molecular formula is C8H7NO5S. The first-order valence-electron chi connectivity index (χ1n) is 3.86. The molecule has 2 rings (SSSR count). The number of nitrogens with two attached hydrogens (primary N) is 1. The van der Waals surface area contributed by atoms with Crippen molar-refractivity contribution in [1.29, 1.82) is 0 Å². The molecule has 0 saturated carbocycles. The molecule has 1 aromatic heterocycles. The van der Waals surface area contributed by atoms with Crippen molar-refractivity contribution in [3.63, 3.8) is 0 Å². The first-order chi connectivity index (χ1) is 6.88. The van der Waals surface area contributed by atoms with Gasteiger partial charge < -0.3 is 14.6 Å². The van der Waals surface area contributed by atoms with E-state index in [1.165, 1.54) is 12.1 Å². The molecule has 0 amide bonds. The second kappa shape index (κ2) is 2.88. The van der Waals surface area contributed by atoms with Crippen LogP contribution in [0, 0.1) is 0 Å². The van der Waals surface area contributed by atoms with Crippen LogP contribution >= 0.6 is 0 Å². The van der Waals surface area contributed by atoms with Gasteiger partial charge in [-0.05, 0) is 6.07 Å². The number of phenolic OH excluding ortho intramolecular Hbond substituents is 2. The summed E-state index contributed by atoms with van der Waals surface area (Å²) in [6.45, 7) is 0. The minimum Gasteiger partial charge on any atom is -0.504 e. The van der Waals surface area contributed by atoms with Crippen molar-refractivity contribution in [2.75, 3.05) is 0 Å². The van der Waals surface area contributed by atoms with E-state index >= 15 is 0 Å². The van der Waals surface area contributed by atoms with Gasteiger partial charge in [0.25, 0.3) is 10.0 Å². The normalized spacial score (nSPS) is 12.1. The number of hydrogen-bond donors (Lipinski definition) is 3. The van der Waals surface area contributed by atoms with Crippen LogP contribution < -0.4 is 5.14 Å². The van der Waals surface area contributed by atoms with Gasteiger partial charge >= 0.3 is 0 Å². The molecule has 1 heterocycles. The summed E-state index contributed by atoms with van der Waals surface area (Å²) < 4.78 is 26.7. The van der Waals surface area contributed by atoms with Crippen LogP contribution in [0.2, 0.25) is 0 Å². The zero-order chi connectivity index (χ0) is 11.2. The Morgan fingerprint density at radius 1 is 1.13 bits per heavy atom. The molecule has 0 aliphatic carbocycles. The highest BCUT2D eigenvalue weighted by Gasteiger charge is 2.15.